The fraction of sp³-hybridized carbons (Fsp3) is 0.292. The molecule has 0 aliphatic carbocycles. The maximum atomic E-state index is 13.0. The molecule has 1 heterocycles. The number of nitrogens with two attached hydrogens (primary N) is 1. The van der Waals surface area contributed by atoms with E-state index >= 15 is 0 Å². The number of nitrogens with zero attached hydrogens (tertiary/aromatic N) is 3. The van der Waals surface area contributed by atoms with E-state index < -0.39 is 17.8 Å². The number of imidazole rings is 1. The smallest absolute Gasteiger partial charge is 0.325 e. The molecule has 0 unspecified atom stereocenters. The molecule has 3 aromatic rings. The van der Waals surface area contributed by atoms with Crippen LogP contribution in [0.3, 0.4) is 0 Å². The van der Waals surface area contributed by atoms with Gasteiger partial charge in [-0.1, -0.05) is 24.3 Å². The van der Waals surface area contributed by atoms with Crippen LogP contribution in [0.1, 0.15) is 22.3 Å². The Balaban J connectivity index is 2.05. The second-order valence-corrected chi connectivity index (χ2v) is 7.86. The van der Waals surface area contributed by atoms with Gasteiger partial charge in [-0.3, -0.25) is 19.8 Å². The summed E-state index contributed by atoms with van der Waals surface area (Å²) in [5.74, 6) is -0.682. The van der Waals surface area contributed by atoms with Gasteiger partial charge in [0.2, 0.25) is 0 Å². The van der Waals surface area contributed by atoms with Gasteiger partial charge in [-0.2, -0.15) is 0 Å². The predicted molar refractivity (Wildman–Crippen MR) is 131 cm³/mol. The minimum absolute atomic E-state index is 0.0253. The van der Waals surface area contributed by atoms with E-state index in [2.05, 4.69) is 10.1 Å². The van der Waals surface area contributed by atoms with Crippen LogP contribution in [0.2, 0.25) is 0 Å². The van der Waals surface area contributed by atoms with Crippen molar-refractivity contribution >= 4 is 40.4 Å². The number of fused-ring (bicyclic) bond motifs is 1. The highest BCUT2D eigenvalue weighted by Crippen LogP contribution is 2.30. The number of methoxy groups -OCH3 is 2. The number of carbonyl (C=O) groups excluding carboxylic acids is 3. The largest absolute Gasteiger partial charge is 0.469 e. The number of nitrogen functional groups attached to an aromatic ring is 1. The van der Waals surface area contributed by atoms with Crippen LogP contribution in [0, 0.1) is 5.41 Å². The standard InChI is InChI=1S/C24H28N6O5/c1-29(13-21(32)35-4)18-12-19-17(11-16(18)24(33)27-10-9-20(31)34-3)28-23(30(19)2)15-7-5-14(6-8-15)22(25)26/h5-8,11-12H,9-10,13H2,1-4H3,(H3,25,26)(H,27,33). The first-order chi connectivity index (χ1) is 16.7. The Morgan fingerprint density at radius 2 is 1.77 bits per heavy atom. The first-order valence-corrected chi connectivity index (χ1v) is 10.7. The highest BCUT2D eigenvalue weighted by atomic mass is 16.5. The quantitative estimate of drug-likeness (QED) is 0.236. The van der Waals surface area contributed by atoms with Gasteiger partial charge in [0.25, 0.3) is 5.91 Å². The second-order valence-electron chi connectivity index (χ2n) is 7.86. The van der Waals surface area contributed by atoms with Gasteiger partial charge in [-0.15, -0.1) is 0 Å². The second kappa shape index (κ2) is 10.7. The van der Waals surface area contributed by atoms with Crippen molar-refractivity contribution in [1.82, 2.24) is 14.9 Å². The Labute approximate surface area is 202 Å². The number of anilines is 1. The third kappa shape index (κ3) is 5.57. The SMILES string of the molecule is COC(=O)CCNC(=O)c1cc2nc(-c3ccc(C(=N)N)cc3)n(C)c2cc1N(C)CC(=O)OC. The van der Waals surface area contributed by atoms with Crippen molar-refractivity contribution in [2.24, 2.45) is 12.8 Å². The lowest BCUT2D eigenvalue weighted by Gasteiger charge is -2.21. The molecule has 2 aromatic carbocycles. The number of amidine groups is 1. The lowest BCUT2D eigenvalue weighted by molar-refractivity contribution is -0.140. The first-order valence-electron chi connectivity index (χ1n) is 10.7. The zero-order valence-corrected chi connectivity index (χ0v) is 20.0. The number of rotatable bonds is 9. The molecule has 3 rings (SSSR count). The van der Waals surface area contributed by atoms with Crippen molar-refractivity contribution in [1.29, 1.82) is 5.41 Å². The van der Waals surface area contributed by atoms with E-state index in [0.717, 1.165) is 11.1 Å². The molecule has 184 valence electrons. The summed E-state index contributed by atoms with van der Waals surface area (Å²) in [4.78, 5) is 42.7. The van der Waals surface area contributed by atoms with E-state index in [-0.39, 0.29) is 25.3 Å². The molecular weight excluding hydrogens is 452 g/mol. The Morgan fingerprint density at radius 3 is 2.37 bits per heavy atom. The number of hydrogen-bond donors (Lipinski definition) is 3. The summed E-state index contributed by atoms with van der Waals surface area (Å²) in [5.41, 5.74) is 9.07. The number of carbonyl (C=O) groups is 3. The van der Waals surface area contributed by atoms with E-state index in [1.54, 1.807) is 36.2 Å². The molecule has 1 aromatic heterocycles. The molecular formula is C24H28N6O5. The summed E-state index contributed by atoms with van der Waals surface area (Å²) in [5, 5.41) is 10.3. The summed E-state index contributed by atoms with van der Waals surface area (Å²) in [6.07, 6.45) is 0.0296. The van der Waals surface area contributed by atoms with Crippen molar-refractivity contribution < 1.29 is 23.9 Å². The van der Waals surface area contributed by atoms with E-state index in [9.17, 15) is 14.4 Å². The van der Waals surface area contributed by atoms with Crippen molar-refractivity contribution in [3.05, 3.63) is 47.5 Å². The summed E-state index contributed by atoms with van der Waals surface area (Å²) in [7, 11) is 6.11. The molecule has 11 nitrogen and oxygen atoms in total. The molecule has 4 N–H and O–H groups in total. The monoisotopic (exact) mass is 480 g/mol. The molecule has 0 saturated heterocycles. The van der Waals surface area contributed by atoms with E-state index in [4.69, 9.17) is 20.9 Å². The van der Waals surface area contributed by atoms with Crippen LogP contribution in [0.5, 0.6) is 0 Å². The van der Waals surface area contributed by atoms with E-state index in [1.807, 2.05) is 23.7 Å². The van der Waals surface area contributed by atoms with Gasteiger partial charge in [-0.25, -0.2) is 4.98 Å². The Morgan fingerprint density at radius 1 is 1.11 bits per heavy atom. The van der Waals surface area contributed by atoms with Crippen molar-refractivity contribution in [3.8, 4) is 11.4 Å². The van der Waals surface area contributed by atoms with E-state index in [0.29, 0.717) is 28.2 Å². The molecule has 0 spiro atoms. The molecule has 0 aliphatic heterocycles. The zero-order chi connectivity index (χ0) is 25.7. The minimum atomic E-state index is -0.457. The van der Waals surface area contributed by atoms with Crippen LogP contribution in [0.25, 0.3) is 22.4 Å². The molecule has 35 heavy (non-hydrogen) atoms. The number of ether oxygens (including phenoxy) is 2. The molecule has 0 radical (unpaired) electrons. The van der Waals surface area contributed by atoms with Crippen molar-refractivity contribution in [2.45, 2.75) is 6.42 Å². The molecule has 1 amide bonds. The Kier molecular flexibility index (Phi) is 7.69. The van der Waals surface area contributed by atoms with E-state index in [1.165, 1.54) is 14.2 Å². The lowest BCUT2D eigenvalue weighted by Crippen LogP contribution is -2.31. The Hall–Kier alpha value is -4.41. The van der Waals surface area contributed by atoms with Crippen LogP contribution >= 0.6 is 0 Å². The Bertz CT molecular complexity index is 1280. The fourth-order valence-corrected chi connectivity index (χ4v) is 3.60. The zero-order valence-electron chi connectivity index (χ0n) is 20.0. The van der Waals surface area contributed by atoms with Gasteiger partial charge in [0.05, 0.1) is 42.9 Å². The van der Waals surface area contributed by atoms with Crippen LogP contribution in [-0.2, 0) is 26.1 Å². The highest BCUT2D eigenvalue weighted by molar-refractivity contribution is 6.04. The number of aromatic nitrogens is 2. The maximum absolute atomic E-state index is 13.0. The first kappa shape index (κ1) is 25.2. The normalized spacial score (nSPS) is 10.6. The van der Waals surface area contributed by atoms with Gasteiger partial charge in [0.15, 0.2) is 0 Å². The van der Waals surface area contributed by atoms with Crippen LogP contribution in [0.15, 0.2) is 36.4 Å². The molecule has 0 atom stereocenters. The lowest BCUT2D eigenvalue weighted by atomic mass is 10.1. The van der Waals surface area contributed by atoms with Gasteiger partial charge in [0, 0.05) is 31.8 Å². The highest BCUT2D eigenvalue weighted by Gasteiger charge is 2.21. The number of aryl methyl sites for hydroxylation is 1. The molecule has 11 heteroatoms. The number of amides is 1. The summed E-state index contributed by atoms with van der Waals surface area (Å²) >= 11 is 0. The molecule has 0 bridgehead atoms. The number of benzene rings is 2. The predicted octanol–water partition coefficient (Wildman–Crippen LogP) is 1.43. The summed E-state index contributed by atoms with van der Waals surface area (Å²) in [6.45, 7) is 0.0291. The molecule has 0 fully saturated rings. The summed E-state index contributed by atoms with van der Waals surface area (Å²) in [6, 6.07) is 10.6. The van der Waals surface area contributed by atoms with Gasteiger partial charge >= 0.3 is 11.9 Å². The number of likely N-dealkylation sites (N-methyl/N-ethyl adjacent to an activating group) is 1. The van der Waals surface area contributed by atoms with Crippen LogP contribution in [-0.4, -0.2) is 67.6 Å². The number of esters is 2. The van der Waals surface area contributed by atoms with Crippen molar-refractivity contribution in [2.75, 3.05) is 39.3 Å². The van der Waals surface area contributed by atoms with Crippen molar-refractivity contribution in [3.63, 3.8) is 0 Å². The van der Waals surface area contributed by atoms with Crippen LogP contribution in [0.4, 0.5) is 5.69 Å². The number of hydrogen-bond acceptors (Lipinski definition) is 8. The number of nitrogens with one attached hydrogen (secondary N) is 2. The third-order valence-electron chi connectivity index (χ3n) is 5.54. The fourth-order valence-electron chi connectivity index (χ4n) is 3.60. The average molecular weight is 481 g/mol. The third-order valence-corrected chi connectivity index (χ3v) is 5.54. The van der Waals surface area contributed by atoms with Crippen LogP contribution < -0.4 is 16.0 Å². The molecule has 0 saturated carbocycles. The van der Waals surface area contributed by atoms with Gasteiger partial charge in [0.1, 0.15) is 18.2 Å². The summed E-state index contributed by atoms with van der Waals surface area (Å²) < 4.78 is 11.3. The van der Waals surface area contributed by atoms with Gasteiger partial charge < -0.3 is 30.0 Å². The molecule has 0 aliphatic rings. The maximum Gasteiger partial charge on any atom is 0.325 e. The average Bonchev–Trinajstić information content (AvgIpc) is 3.18. The minimum Gasteiger partial charge on any atom is -0.469 e. The van der Waals surface area contributed by atoms with Gasteiger partial charge in [-0.05, 0) is 12.1 Å². The topological polar surface area (TPSA) is 153 Å².